The van der Waals surface area contributed by atoms with Gasteiger partial charge in [-0.1, -0.05) is 36.1 Å². The molecular formula is C18H27NO6S. The fraction of sp³-hybridized carbons (Fsp3) is 0.556. The van der Waals surface area contributed by atoms with Crippen LogP contribution in [0.15, 0.2) is 36.1 Å². The second kappa shape index (κ2) is 11.9. The third kappa shape index (κ3) is 8.18. The Labute approximate surface area is 158 Å². The van der Waals surface area contributed by atoms with E-state index in [1.165, 1.54) is 6.08 Å². The first-order chi connectivity index (χ1) is 12.4. The molecule has 1 aliphatic rings. The Morgan fingerprint density at radius 3 is 2.69 bits per heavy atom. The third-order valence-electron chi connectivity index (χ3n) is 3.41. The molecule has 0 aromatic heterocycles. The predicted octanol–water partition coefficient (Wildman–Crippen LogP) is 1.19. The molecule has 1 aliphatic heterocycles. The minimum Gasteiger partial charge on any atom is -0.486 e. The van der Waals surface area contributed by atoms with E-state index >= 15 is 0 Å². The number of nitrogens with one attached hydrogen (secondary N) is 1. The van der Waals surface area contributed by atoms with Crippen LogP contribution in [-0.2, 0) is 23.8 Å². The maximum absolute atomic E-state index is 11.9. The molecule has 0 fully saturated rings. The molecular weight excluding hydrogens is 358 g/mol. The summed E-state index contributed by atoms with van der Waals surface area (Å²) in [5.41, 5.74) is 0.925. The zero-order valence-corrected chi connectivity index (χ0v) is 16.1. The first-order valence-electron chi connectivity index (χ1n) is 8.34. The van der Waals surface area contributed by atoms with Gasteiger partial charge in [0, 0.05) is 12.6 Å². The van der Waals surface area contributed by atoms with Crippen molar-refractivity contribution in [2.75, 3.05) is 46.2 Å². The van der Waals surface area contributed by atoms with Gasteiger partial charge in [0.05, 0.1) is 37.8 Å². The van der Waals surface area contributed by atoms with Crippen LogP contribution in [0.5, 0.6) is 0 Å². The molecule has 8 heteroatoms. The number of rotatable bonds is 13. The molecule has 1 atom stereocenters. The van der Waals surface area contributed by atoms with Crippen molar-refractivity contribution >= 4 is 22.8 Å². The van der Waals surface area contributed by atoms with Crippen LogP contribution in [0.4, 0.5) is 0 Å². The van der Waals surface area contributed by atoms with Gasteiger partial charge >= 0.3 is 0 Å². The summed E-state index contributed by atoms with van der Waals surface area (Å²) in [4.78, 5) is 23.6. The Kier molecular flexibility index (Phi) is 10.3. The Morgan fingerprint density at radius 1 is 1.35 bits per heavy atom. The van der Waals surface area contributed by atoms with Gasteiger partial charge < -0.3 is 24.6 Å². The summed E-state index contributed by atoms with van der Waals surface area (Å²) in [5.74, 6) is 0.170. The maximum atomic E-state index is 11.9. The van der Waals surface area contributed by atoms with Crippen molar-refractivity contribution in [2.45, 2.75) is 18.6 Å². The van der Waals surface area contributed by atoms with E-state index in [4.69, 9.17) is 19.3 Å². The van der Waals surface area contributed by atoms with Gasteiger partial charge in [-0.3, -0.25) is 9.59 Å². The molecule has 0 aliphatic carbocycles. The van der Waals surface area contributed by atoms with Crippen LogP contribution in [0.3, 0.4) is 0 Å². The second-order valence-electron chi connectivity index (χ2n) is 5.72. The molecule has 26 heavy (non-hydrogen) atoms. The number of aliphatic hydroxyl groups is 1. The molecule has 1 unspecified atom stereocenters. The summed E-state index contributed by atoms with van der Waals surface area (Å²) in [7, 11) is 0. The topological polar surface area (TPSA) is 94.1 Å². The number of hydrogen-bond donors (Lipinski definition) is 2. The van der Waals surface area contributed by atoms with Gasteiger partial charge in [-0.25, -0.2) is 0 Å². The summed E-state index contributed by atoms with van der Waals surface area (Å²) in [6.45, 7) is 9.05. The Morgan fingerprint density at radius 2 is 2.04 bits per heavy atom. The van der Waals surface area contributed by atoms with Gasteiger partial charge in [0.25, 0.3) is 5.91 Å². The van der Waals surface area contributed by atoms with Crippen LogP contribution < -0.4 is 5.32 Å². The molecule has 0 spiro atoms. The van der Waals surface area contributed by atoms with Crippen LogP contribution in [0, 0.1) is 0 Å². The molecule has 0 aromatic carbocycles. The Bertz CT molecular complexity index is 560. The maximum Gasteiger partial charge on any atom is 0.258 e. The van der Waals surface area contributed by atoms with Crippen LogP contribution >= 0.6 is 11.8 Å². The molecule has 2 N–H and O–H groups in total. The lowest BCUT2D eigenvalue weighted by atomic mass is 10.0. The number of allylic oxidation sites excluding steroid dienone is 2. The van der Waals surface area contributed by atoms with E-state index in [1.54, 1.807) is 6.08 Å². The largest absolute Gasteiger partial charge is 0.486 e. The third-order valence-corrected chi connectivity index (χ3v) is 4.47. The van der Waals surface area contributed by atoms with E-state index in [0.29, 0.717) is 32.1 Å². The van der Waals surface area contributed by atoms with Crippen molar-refractivity contribution < 1.29 is 28.9 Å². The fourth-order valence-electron chi connectivity index (χ4n) is 2.16. The van der Waals surface area contributed by atoms with Crippen LogP contribution in [0.2, 0.25) is 0 Å². The first-order valence-corrected chi connectivity index (χ1v) is 9.16. The highest BCUT2D eigenvalue weighted by Gasteiger charge is 2.38. The minimum atomic E-state index is -0.632. The molecule has 0 radical (unpaired) electrons. The standard InChI is InChI=1S/C18H27NO6S/c1-4-14(2)12-18(3)15(11-17(22)26-18)25-13-16(21)19-5-7-23-9-10-24-8-6-20/h4,11-12,20H,1,5-10,13H2,2-3H3,(H,19,21)/b14-12+. The highest BCUT2D eigenvalue weighted by atomic mass is 32.2. The monoisotopic (exact) mass is 385 g/mol. The minimum absolute atomic E-state index is 0.0153. The number of ether oxygens (including phenoxy) is 3. The number of hydrogen-bond acceptors (Lipinski definition) is 7. The second-order valence-corrected chi connectivity index (χ2v) is 7.17. The molecule has 146 valence electrons. The molecule has 0 saturated heterocycles. The van der Waals surface area contributed by atoms with E-state index < -0.39 is 4.75 Å². The molecule has 0 bridgehead atoms. The zero-order chi connectivity index (χ0) is 19.4. The van der Waals surface area contributed by atoms with Crippen LogP contribution in [0.1, 0.15) is 13.8 Å². The number of aliphatic hydroxyl groups excluding tert-OH is 1. The SMILES string of the molecule is C=C/C(C)=C/C1(C)SC(=O)C=C1OCC(=O)NCCOCCOCCO. The quantitative estimate of drug-likeness (QED) is 0.363. The highest BCUT2D eigenvalue weighted by molar-refractivity contribution is 8.15. The molecule has 1 rings (SSSR count). The summed E-state index contributed by atoms with van der Waals surface area (Å²) >= 11 is 1.14. The van der Waals surface area contributed by atoms with E-state index in [2.05, 4.69) is 11.9 Å². The Hall–Kier alpha value is -1.61. The smallest absolute Gasteiger partial charge is 0.258 e. The van der Waals surface area contributed by atoms with Gasteiger partial charge in [0.2, 0.25) is 5.12 Å². The van der Waals surface area contributed by atoms with E-state index in [-0.39, 0.29) is 30.8 Å². The van der Waals surface area contributed by atoms with Crippen LogP contribution in [0.25, 0.3) is 0 Å². The van der Waals surface area contributed by atoms with Gasteiger partial charge in [-0.2, -0.15) is 0 Å². The summed E-state index contributed by atoms with van der Waals surface area (Å²) in [6, 6.07) is 0. The van der Waals surface area contributed by atoms with Crippen molar-refractivity contribution in [1.82, 2.24) is 5.32 Å². The van der Waals surface area contributed by atoms with E-state index in [9.17, 15) is 9.59 Å². The van der Waals surface area contributed by atoms with Crippen molar-refractivity contribution in [3.8, 4) is 0 Å². The van der Waals surface area contributed by atoms with Crippen molar-refractivity contribution in [2.24, 2.45) is 0 Å². The lowest BCUT2D eigenvalue weighted by Gasteiger charge is -2.23. The highest BCUT2D eigenvalue weighted by Crippen LogP contribution is 2.42. The van der Waals surface area contributed by atoms with Gasteiger partial charge in [0.1, 0.15) is 5.76 Å². The lowest BCUT2D eigenvalue weighted by Crippen LogP contribution is -2.32. The summed E-state index contributed by atoms with van der Waals surface area (Å²) in [5, 5.41) is 11.1. The van der Waals surface area contributed by atoms with Gasteiger partial charge in [0.15, 0.2) is 6.61 Å². The van der Waals surface area contributed by atoms with Crippen LogP contribution in [-0.4, -0.2) is 67.1 Å². The lowest BCUT2D eigenvalue weighted by molar-refractivity contribution is -0.124. The molecule has 0 saturated carbocycles. The number of carbonyl (C=O) groups is 2. The molecule has 0 aromatic rings. The van der Waals surface area contributed by atoms with Gasteiger partial charge in [-0.15, -0.1) is 0 Å². The average molecular weight is 385 g/mol. The molecule has 1 heterocycles. The normalized spacial score (nSPS) is 20.0. The fourth-order valence-corrected chi connectivity index (χ4v) is 3.21. The van der Waals surface area contributed by atoms with E-state index in [1.807, 2.05) is 19.9 Å². The first kappa shape index (κ1) is 22.4. The summed E-state index contributed by atoms with van der Waals surface area (Å²) in [6.07, 6.45) is 5.01. The predicted molar refractivity (Wildman–Crippen MR) is 101 cm³/mol. The molecule has 7 nitrogen and oxygen atoms in total. The summed E-state index contributed by atoms with van der Waals surface area (Å²) < 4.78 is 15.2. The van der Waals surface area contributed by atoms with Crippen molar-refractivity contribution in [3.63, 3.8) is 0 Å². The van der Waals surface area contributed by atoms with Crippen molar-refractivity contribution in [3.05, 3.63) is 36.1 Å². The number of amides is 1. The van der Waals surface area contributed by atoms with E-state index in [0.717, 1.165) is 17.3 Å². The average Bonchev–Trinajstić information content (AvgIpc) is 2.88. The zero-order valence-electron chi connectivity index (χ0n) is 15.3. The Balaban J connectivity index is 2.30. The number of thioether (sulfide) groups is 1. The molecule has 1 amide bonds. The van der Waals surface area contributed by atoms with Crippen molar-refractivity contribution in [1.29, 1.82) is 0 Å². The van der Waals surface area contributed by atoms with Gasteiger partial charge in [-0.05, 0) is 13.8 Å². The number of carbonyl (C=O) groups excluding carboxylic acids is 2.